The fourth-order valence-corrected chi connectivity index (χ4v) is 6.00. The Kier molecular flexibility index (Phi) is 5.60. The number of piperidine rings is 1. The van der Waals surface area contributed by atoms with Crippen LogP contribution in [-0.4, -0.2) is 77.8 Å². The van der Waals surface area contributed by atoms with Crippen molar-refractivity contribution < 1.29 is 14.0 Å². The van der Waals surface area contributed by atoms with Crippen LogP contribution in [0, 0.1) is 22.6 Å². The highest BCUT2D eigenvalue weighted by atomic mass is 19.1. The number of fused-ring (bicyclic) bond motifs is 1. The van der Waals surface area contributed by atoms with Gasteiger partial charge in [-0.25, -0.2) is 4.39 Å². The molecule has 3 saturated heterocycles. The number of carbonyl (C=O) groups is 2. The molecule has 4 heterocycles. The zero-order chi connectivity index (χ0) is 21.5. The Balaban J connectivity index is 1.47. The molecule has 4 rings (SSSR count). The van der Waals surface area contributed by atoms with Crippen LogP contribution in [0.25, 0.3) is 0 Å². The molecule has 0 bridgehead atoms. The monoisotopic (exact) mass is 416 g/mol. The van der Waals surface area contributed by atoms with Crippen molar-refractivity contribution in [3.63, 3.8) is 0 Å². The van der Waals surface area contributed by atoms with E-state index in [0.29, 0.717) is 30.6 Å². The van der Waals surface area contributed by atoms with Gasteiger partial charge in [0.2, 0.25) is 11.8 Å². The Morgan fingerprint density at radius 3 is 2.47 bits per heavy atom. The second-order valence-corrected chi connectivity index (χ2v) is 9.93. The van der Waals surface area contributed by atoms with Crippen molar-refractivity contribution in [1.82, 2.24) is 19.7 Å². The average molecular weight is 417 g/mol. The van der Waals surface area contributed by atoms with Gasteiger partial charge in [-0.3, -0.25) is 14.6 Å². The molecule has 0 aliphatic carbocycles. The first kappa shape index (κ1) is 21.2. The van der Waals surface area contributed by atoms with Crippen molar-refractivity contribution in [1.29, 1.82) is 0 Å². The molecule has 3 aliphatic rings. The summed E-state index contributed by atoms with van der Waals surface area (Å²) in [5.74, 6) is 0.500. The van der Waals surface area contributed by atoms with Gasteiger partial charge in [0.1, 0.15) is 5.82 Å². The highest BCUT2D eigenvalue weighted by Gasteiger charge is 2.64. The van der Waals surface area contributed by atoms with Crippen molar-refractivity contribution in [2.75, 3.05) is 46.3 Å². The number of carbonyl (C=O) groups excluding carboxylic acids is 2. The Bertz CT molecular complexity index is 804. The van der Waals surface area contributed by atoms with Gasteiger partial charge in [0.15, 0.2) is 0 Å². The lowest BCUT2D eigenvalue weighted by molar-refractivity contribution is -0.143. The van der Waals surface area contributed by atoms with Crippen LogP contribution in [-0.2, 0) is 16.0 Å². The molecule has 0 radical (unpaired) electrons. The number of amides is 2. The van der Waals surface area contributed by atoms with Crippen LogP contribution in [0.15, 0.2) is 18.3 Å². The lowest BCUT2D eigenvalue weighted by Crippen LogP contribution is -2.53. The van der Waals surface area contributed by atoms with Crippen LogP contribution in [0.1, 0.15) is 38.8 Å². The molecular formula is C23H33FN4O2. The molecule has 3 aliphatic heterocycles. The Hall–Kier alpha value is -2.02. The molecule has 1 aromatic heterocycles. The number of aromatic nitrogens is 1. The molecule has 1 unspecified atom stereocenters. The molecule has 2 spiro atoms. The van der Waals surface area contributed by atoms with E-state index in [1.165, 1.54) is 6.07 Å². The van der Waals surface area contributed by atoms with E-state index in [1.807, 2.05) is 16.8 Å². The molecule has 6 nitrogen and oxygen atoms in total. The number of hydrogen-bond donors (Lipinski definition) is 0. The van der Waals surface area contributed by atoms with Crippen LogP contribution in [0.2, 0.25) is 0 Å². The minimum absolute atomic E-state index is 0.0323. The molecule has 164 valence electrons. The van der Waals surface area contributed by atoms with E-state index in [1.54, 1.807) is 6.07 Å². The van der Waals surface area contributed by atoms with Gasteiger partial charge in [-0.05, 0) is 37.3 Å². The number of likely N-dealkylation sites (tertiary alicyclic amines) is 3. The maximum Gasteiger partial charge on any atom is 0.230 e. The summed E-state index contributed by atoms with van der Waals surface area (Å²) >= 11 is 0. The van der Waals surface area contributed by atoms with Crippen LogP contribution < -0.4 is 0 Å². The Morgan fingerprint density at radius 2 is 1.90 bits per heavy atom. The Labute approximate surface area is 178 Å². The lowest BCUT2D eigenvalue weighted by Gasteiger charge is -2.47. The van der Waals surface area contributed by atoms with Gasteiger partial charge in [0, 0.05) is 57.4 Å². The molecule has 30 heavy (non-hydrogen) atoms. The summed E-state index contributed by atoms with van der Waals surface area (Å²) < 4.78 is 13.1. The van der Waals surface area contributed by atoms with Crippen LogP contribution in [0.5, 0.6) is 0 Å². The summed E-state index contributed by atoms with van der Waals surface area (Å²) in [6.45, 7) is 9.45. The third-order valence-corrected chi connectivity index (χ3v) is 7.48. The van der Waals surface area contributed by atoms with Crippen molar-refractivity contribution in [2.45, 2.75) is 39.5 Å². The third-order valence-electron chi connectivity index (χ3n) is 7.48. The minimum atomic E-state index is -0.394. The summed E-state index contributed by atoms with van der Waals surface area (Å²) in [7, 11) is 1.92. The van der Waals surface area contributed by atoms with Crippen LogP contribution >= 0.6 is 0 Å². The molecule has 2 amide bonds. The third kappa shape index (κ3) is 3.61. The van der Waals surface area contributed by atoms with E-state index in [9.17, 15) is 14.0 Å². The number of hydrogen-bond acceptors (Lipinski definition) is 4. The van der Waals surface area contributed by atoms with Gasteiger partial charge >= 0.3 is 0 Å². The lowest BCUT2D eigenvalue weighted by atomic mass is 9.60. The standard InChI is InChI=1S/C23H33FN4O2/c1-17(2)14-27-15-22(23(16-27)8-9-26(3)21(23)30)6-10-28(11-7-22)20(29)12-19-5-4-18(24)13-25-19/h4-5,13,17H,6-12,14-16H2,1-3H3. The van der Waals surface area contributed by atoms with Gasteiger partial charge in [-0.1, -0.05) is 13.8 Å². The highest BCUT2D eigenvalue weighted by molar-refractivity contribution is 5.86. The van der Waals surface area contributed by atoms with Gasteiger partial charge in [-0.2, -0.15) is 0 Å². The summed E-state index contributed by atoms with van der Waals surface area (Å²) in [5.41, 5.74) is 0.244. The number of rotatable bonds is 4. The second-order valence-electron chi connectivity index (χ2n) is 9.93. The number of pyridine rings is 1. The van der Waals surface area contributed by atoms with E-state index in [-0.39, 0.29) is 23.2 Å². The maximum absolute atomic E-state index is 13.3. The average Bonchev–Trinajstić information content (AvgIpc) is 3.15. The normalized spacial score (nSPS) is 26.5. The fraction of sp³-hybridized carbons (Fsp3) is 0.696. The minimum Gasteiger partial charge on any atom is -0.345 e. The van der Waals surface area contributed by atoms with E-state index >= 15 is 0 Å². The van der Waals surface area contributed by atoms with E-state index < -0.39 is 5.82 Å². The topological polar surface area (TPSA) is 56.8 Å². The second kappa shape index (κ2) is 7.91. The largest absolute Gasteiger partial charge is 0.345 e. The SMILES string of the molecule is CC(C)CN1CC2(CCN(C(=O)Cc3ccc(F)cn3)CC2)C2(CCN(C)C2=O)C1. The van der Waals surface area contributed by atoms with Gasteiger partial charge < -0.3 is 14.7 Å². The summed E-state index contributed by atoms with van der Waals surface area (Å²) in [6.07, 6.45) is 4.00. The van der Waals surface area contributed by atoms with Crippen molar-refractivity contribution >= 4 is 11.8 Å². The van der Waals surface area contributed by atoms with Crippen LogP contribution in [0.4, 0.5) is 4.39 Å². The number of nitrogens with zero attached hydrogens (tertiary/aromatic N) is 4. The smallest absolute Gasteiger partial charge is 0.230 e. The molecule has 1 atom stereocenters. The van der Waals surface area contributed by atoms with Gasteiger partial charge in [0.05, 0.1) is 18.0 Å². The molecule has 1 aromatic rings. The zero-order valence-corrected chi connectivity index (χ0v) is 18.4. The predicted molar refractivity (Wildman–Crippen MR) is 112 cm³/mol. The zero-order valence-electron chi connectivity index (χ0n) is 18.4. The summed E-state index contributed by atoms with van der Waals surface area (Å²) in [6, 6.07) is 2.91. The maximum atomic E-state index is 13.3. The summed E-state index contributed by atoms with van der Waals surface area (Å²) in [4.78, 5) is 36.4. The molecule has 3 fully saturated rings. The van der Waals surface area contributed by atoms with Gasteiger partial charge in [-0.15, -0.1) is 0 Å². The summed E-state index contributed by atoms with van der Waals surface area (Å²) in [5, 5.41) is 0. The first-order valence-electron chi connectivity index (χ1n) is 11.1. The van der Waals surface area contributed by atoms with Crippen molar-refractivity contribution in [3.8, 4) is 0 Å². The first-order valence-corrected chi connectivity index (χ1v) is 11.1. The van der Waals surface area contributed by atoms with Crippen molar-refractivity contribution in [3.05, 3.63) is 29.8 Å². The molecule has 0 N–H and O–H groups in total. The van der Waals surface area contributed by atoms with E-state index in [2.05, 4.69) is 23.7 Å². The highest BCUT2D eigenvalue weighted by Crippen LogP contribution is 2.57. The van der Waals surface area contributed by atoms with Gasteiger partial charge in [0.25, 0.3) is 0 Å². The quantitative estimate of drug-likeness (QED) is 0.755. The Morgan fingerprint density at radius 1 is 1.17 bits per heavy atom. The fourth-order valence-electron chi connectivity index (χ4n) is 6.00. The predicted octanol–water partition coefficient (Wildman–Crippen LogP) is 2.19. The molecule has 0 saturated carbocycles. The molecule has 7 heteroatoms. The molecular weight excluding hydrogens is 383 g/mol. The first-order chi connectivity index (χ1) is 14.2. The van der Waals surface area contributed by atoms with E-state index in [4.69, 9.17) is 0 Å². The van der Waals surface area contributed by atoms with Crippen LogP contribution in [0.3, 0.4) is 0 Å². The van der Waals surface area contributed by atoms with E-state index in [0.717, 1.165) is 51.6 Å². The molecule has 0 aromatic carbocycles. The van der Waals surface area contributed by atoms with Crippen molar-refractivity contribution in [2.24, 2.45) is 16.7 Å². The number of halogens is 1.